The summed E-state index contributed by atoms with van der Waals surface area (Å²) in [5, 5.41) is 0. The Kier molecular flexibility index (Phi) is 5.55. The second kappa shape index (κ2) is 7.60. The first-order valence-corrected chi connectivity index (χ1v) is 10.9. The second-order valence-corrected chi connectivity index (χ2v) is 9.96. The molecule has 0 amide bonds. The van der Waals surface area contributed by atoms with Crippen molar-refractivity contribution in [2.45, 2.75) is 32.6 Å². The minimum atomic E-state index is -3.77. The quantitative estimate of drug-likeness (QED) is 0.633. The van der Waals surface area contributed by atoms with Crippen molar-refractivity contribution < 1.29 is 18.0 Å². The van der Waals surface area contributed by atoms with Crippen molar-refractivity contribution in [2.24, 2.45) is 11.8 Å². The fraction of sp³-hybridized carbons (Fsp3) is 0.364. The normalized spacial score (nSPS) is 14.0. The molecule has 0 fully saturated rings. The van der Waals surface area contributed by atoms with Crippen LogP contribution in [0, 0.1) is 11.8 Å². The Morgan fingerprint density at radius 1 is 0.750 bits per heavy atom. The first kappa shape index (κ1) is 20.4. The van der Waals surface area contributed by atoms with Gasteiger partial charge in [-0.2, -0.15) is 4.31 Å². The Morgan fingerprint density at radius 3 is 1.71 bits per heavy atom. The molecule has 28 heavy (non-hydrogen) atoms. The summed E-state index contributed by atoms with van der Waals surface area (Å²) in [4.78, 5) is 25.7. The van der Waals surface area contributed by atoms with Gasteiger partial charge >= 0.3 is 0 Å². The fourth-order valence-electron chi connectivity index (χ4n) is 3.47. The van der Waals surface area contributed by atoms with Gasteiger partial charge in [-0.1, -0.05) is 52.0 Å². The maximum atomic E-state index is 13.3. The van der Waals surface area contributed by atoms with Gasteiger partial charge < -0.3 is 0 Å². The number of rotatable bonds is 6. The van der Waals surface area contributed by atoms with Gasteiger partial charge in [0.2, 0.25) is 10.0 Å². The number of sulfonamides is 1. The molecule has 0 saturated carbocycles. The van der Waals surface area contributed by atoms with Crippen molar-refractivity contribution in [1.82, 2.24) is 4.31 Å². The molecule has 3 rings (SSSR count). The van der Waals surface area contributed by atoms with E-state index in [1.165, 1.54) is 22.5 Å². The van der Waals surface area contributed by atoms with E-state index in [-0.39, 0.29) is 39.4 Å². The minimum Gasteiger partial charge on any atom is -0.289 e. The highest BCUT2D eigenvalue weighted by molar-refractivity contribution is 7.89. The zero-order chi connectivity index (χ0) is 20.6. The maximum Gasteiger partial charge on any atom is 0.243 e. The van der Waals surface area contributed by atoms with Crippen LogP contribution in [0.1, 0.15) is 59.5 Å². The summed E-state index contributed by atoms with van der Waals surface area (Å²) in [6, 6.07) is 10.9. The molecule has 1 aliphatic rings. The topological polar surface area (TPSA) is 71.5 Å². The van der Waals surface area contributed by atoms with E-state index in [1.807, 2.05) is 27.7 Å². The molecule has 0 heterocycles. The zero-order valence-corrected chi connectivity index (χ0v) is 17.4. The van der Waals surface area contributed by atoms with Crippen molar-refractivity contribution in [3.05, 3.63) is 64.7 Å². The third-order valence-corrected chi connectivity index (χ3v) is 6.50. The van der Waals surface area contributed by atoms with Gasteiger partial charge in [0.1, 0.15) is 0 Å². The predicted octanol–water partition coefficient (Wildman–Crippen LogP) is 3.76. The van der Waals surface area contributed by atoms with Crippen LogP contribution in [0.25, 0.3) is 0 Å². The number of carbonyl (C=O) groups excluding carboxylic acids is 2. The summed E-state index contributed by atoms with van der Waals surface area (Å²) in [5.41, 5.74) is 1.08. The maximum absolute atomic E-state index is 13.3. The van der Waals surface area contributed by atoms with E-state index in [1.54, 1.807) is 24.3 Å². The van der Waals surface area contributed by atoms with E-state index >= 15 is 0 Å². The third kappa shape index (κ3) is 3.66. The van der Waals surface area contributed by atoms with Gasteiger partial charge in [0, 0.05) is 35.3 Å². The number of ketones is 2. The number of fused-ring (bicyclic) bond motifs is 2. The van der Waals surface area contributed by atoms with E-state index in [0.717, 1.165) is 0 Å². The molecule has 1 aliphatic carbocycles. The molecular weight excluding hydrogens is 374 g/mol. The van der Waals surface area contributed by atoms with E-state index in [0.29, 0.717) is 24.2 Å². The number of hydrogen-bond acceptors (Lipinski definition) is 4. The molecule has 6 heteroatoms. The highest BCUT2D eigenvalue weighted by atomic mass is 32.2. The lowest BCUT2D eigenvalue weighted by atomic mass is 9.84. The first-order chi connectivity index (χ1) is 13.1. The predicted molar refractivity (Wildman–Crippen MR) is 108 cm³/mol. The monoisotopic (exact) mass is 399 g/mol. The Morgan fingerprint density at radius 2 is 1.21 bits per heavy atom. The highest BCUT2D eigenvalue weighted by Gasteiger charge is 2.32. The molecule has 0 unspecified atom stereocenters. The van der Waals surface area contributed by atoms with Gasteiger partial charge in [-0.3, -0.25) is 9.59 Å². The number of carbonyl (C=O) groups is 2. The summed E-state index contributed by atoms with van der Waals surface area (Å²) < 4.78 is 28.0. The smallest absolute Gasteiger partial charge is 0.243 e. The van der Waals surface area contributed by atoms with Crippen molar-refractivity contribution in [3.8, 4) is 0 Å². The minimum absolute atomic E-state index is 0.0491. The lowest BCUT2D eigenvalue weighted by Gasteiger charge is -2.26. The molecule has 0 aromatic heterocycles. The van der Waals surface area contributed by atoms with E-state index in [4.69, 9.17) is 0 Å². The standard InChI is InChI=1S/C22H25NO4S/c1-14(2)12-23(13-15(3)4)28(26,27)16-9-10-19-20(11-16)22(25)18-8-6-5-7-17(18)21(19)24/h5-11,14-15H,12-13H2,1-4H3. The molecule has 2 aromatic carbocycles. The van der Waals surface area contributed by atoms with Gasteiger partial charge in [0.05, 0.1) is 4.90 Å². The summed E-state index contributed by atoms with van der Waals surface area (Å²) in [5.74, 6) is -0.237. The SMILES string of the molecule is CC(C)CN(CC(C)C)S(=O)(=O)c1ccc2c(c1)C(=O)c1ccccc1C2=O. The average Bonchev–Trinajstić information content (AvgIpc) is 2.64. The molecule has 0 aliphatic heterocycles. The molecule has 5 nitrogen and oxygen atoms in total. The molecule has 0 N–H and O–H groups in total. The van der Waals surface area contributed by atoms with E-state index in [9.17, 15) is 18.0 Å². The fourth-order valence-corrected chi connectivity index (χ4v) is 5.27. The Hall–Kier alpha value is -2.31. The average molecular weight is 400 g/mol. The summed E-state index contributed by atoms with van der Waals surface area (Å²) in [6.07, 6.45) is 0. The van der Waals surface area contributed by atoms with Crippen LogP contribution in [0.2, 0.25) is 0 Å². The summed E-state index contributed by atoms with van der Waals surface area (Å²) >= 11 is 0. The van der Waals surface area contributed by atoms with Crippen LogP contribution in [0.15, 0.2) is 47.4 Å². The van der Waals surface area contributed by atoms with Crippen LogP contribution in [0.3, 0.4) is 0 Å². The lowest BCUT2D eigenvalue weighted by molar-refractivity contribution is 0.0979. The van der Waals surface area contributed by atoms with Crippen molar-refractivity contribution >= 4 is 21.6 Å². The molecular formula is C22H25NO4S. The molecule has 0 bridgehead atoms. The van der Waals surface area contributed by atoms with Gasteiger partial charge in [0.15, 0.2) is 11.6 Å². The van der Waals surface area contributed by atoms with Crippen molar-refractivity contribution in [2.75, 3.05) is 13.1 Å². The molecule has 0 atom stereocenters. The molecule has 0 saturated heterocycles. The Labute approximate surface area is 166 Å². The first-order valence-electron chi connectivity index (χ1n) is 9.45. The summed E-state index contributed by atoms with van der Waals surface area (Å²) in [6.45, 7) is 8.66. The van der Waals surface area contributed by atoms with Crippen LogP contribution < -0.4 is 0 Å². The molecule has 0 radical (unpaired) electrons. The highest BCUT2D eigenvalue weighted by Crippen LogP contribution is 2.30. The second-order valence-electron chi connectivity index (χ2n) is 8.02. The largest absolute Gasteiger partial charge is 0.289 e. The van der Waals surface area contributed by atoms with Crippen LogP contribution in [-0.2, 0) is 10.0 Å². The third-order valence-electron chi connectivity index (χ3n) is 4.67. The van der Waals surface area contributed by atoms with Gasteiger partial charge in [-0.15, -0.1) is 0 Å². The zero-order valence-electron chi connectivity index (χ0n) is 16.6. The van der Waals surface area contributed by atoms with Crippen molar-refractivity contribution in [1.29, 1.82) is 0 Å². The molecule has 148 valence electrons. The Bertz CT molecular complexity index is 1030. The van der Waals surface area contributed by atoms with Gasteiger partial charge in [0.25, 0.3) is 0 Å². The van der Waals surface area contributed by atoms with Crippen LogP contribution >= 0.6 is 0 Å². The van der Waals surface area contributed by atoms with E-state index in [2.05, 4.69) is 0 Å². The molecule has 0 spiro atoms. The van der Waals surface area contributed by atoms with Gasteiger partial charge in [-0.25, -0.2) is 8.42 Å². The Balaban J connectivity index is 2.07. The number of nitrogens with zero attached hydrogens (tertiary/aromatic N) is 1. The van der Waals surface area contributed by atoms with Crippen LogP contribution in [-0.4, -0.2) is 37.4 Å². The lowest BCUT2D eigenvalue weighted by Crippen LogP contribution is -2.37. The summed E-state index contributed by atoms with van der Waals surface area (Å²) in [7, 11) is -3.77. The van der Waals surface area contributed by atoms with Gasteiger partial charge in [-0.05, 0) is 30.0 Å². The van der Waals surface area contributed by atoms with E-state index < -0.39 is 10.0 Å². The number of hydrogen-bond donors (Lipinski definition) is 0. The van der Waals surface area contributed by atoms with Crippen LogP contribution in [0.5, 0.6) is 0 Å². The van der Waals surface area contributed by atoms with Crippen LogP contribution in [0.4, 0.5) is 0 Å². The molecule has 2 aromatic rings. The van der Waals surface area contributed by atoms with Crippen molar-refractivity contribution in [3.63, 3.8) is 0 Å². The number of benzene rings is 2.